The molecule has 0 amide bonds. The Balaban J connectivity index is 2.25. The van der Waals surface area contributed by atoms with Gasteiger partial charge in [0.25, 0.3) is 0 Å². The lowest BCUT2D eigenvalue weighted by atomic mass is 10.1. The Morgan fingerprint density at radius 1 is 1.06 bits per heavy atom. The van der Waals surface area contributed by atoms with Crippen molar-refractivity contribution in [2.24, 2.45) is 0 Å². The third kappa shape index (κ3) is 9.96. The summed E-state index contributed by atoms with van der Waals surface area (Å²) in [7, 11) is 3.08. The molecular weight excluding hydrogens is 456 g/mol. The number of rotatable bonds is 18. The molecule has 2 aromatic rings. The zero-order valence-corrected chi connectivity index (χ0v) is 21.9. The Bertz CT molecular complexity index is 856. The number of aliphatic hydroxyl groups is 1. The first kappa shape index (κ1) is 29.4. The quantitative estimate of drug-likeness (QED) is 0.234. The Hall–Kier alpha value is -1.86. The van der Waals surface area contributed by atoms with Crippen LogP contribution in [0.4, 0.5) is 0 Å². The number of hydrogen-bond donors (Lipinski definition) is 2. The molecule has 2 rings (SSSR count). The Morgan fingerprint density at radius 2 is 1.77 bits per heavy atom. The van der Waals surface area contributed by atoms with Gasteiger partial charge in [0.05, 0.1) is 25.4 Å². The molecular formula is C24H42N4O7. The van der Waals surface area contributed by atoms with Crippen LogP contribution in [0.1, 0.15) is 46.1 Å². The average Bonchev–Trinajstić information content (AvgIpc) is 3.16. The van der Waals surface area contributed by atoms with E-state index in [0.717, 1.165) is 29.4 Å². The maximum absolute atomic E-state index is 10.6. The smallest absolute Gasteiger partial charge is 0.242 e. The van der Waals surface area contributed by atoms with Crippen molar-refractivity contribution < 1.29 is 33.5 Å². The number of hydrogen-bond acceptors (Lipinski definition) is 10. The standard InChI is InChI=1S/C24H42N4O7/c1-7-8-9-32-15-28-11-18(21-22(28)23(27-14-26-21)35-24(2,3)4)10-25-19(12-33-16-30-5)20(29)13-34-17-31-6/h11,14,19-20,25,29H,7-10,12-13,15-17H2,1-6H3/t19-,20-/m0/s1. The van der Waals surface area contributed by atoms with Crippen LogP contribution in [0.5, 0.6) is 5.88 Å². The van der Waals surface area contributed by atoms with Gasteiger partial charge in [-0.1, -0.05) is 13.3 Å². The molecule has 0 aliphatic carbocycles. The molecule has 2 aromatic heterocycles. The molecule has 0 fully saturated rings. The van der Waals surface area contributed by atoms with Crippen LogP contribution in [0.3, 0.4) is 0 Å². The van der Waals surface area contributed by atoms with E-state index in [9.17, 15) is 5.11 Å². The molecule has 0 saturated carbocycles. The number of unbranched alkanes of at least 4 members (excludes halogenated alkanes) is 1. The maximum Gasteiger partial charge on any atom is 0.242 e. The normalized spacial score (nSPS) is 13.9. The van der Waals surface area contributed by atoms with Gasteiger partial charge in [-0.25, -0.2) is 4.98 Å². The first-order valence-electron chi connectivity index (χ1n) is 11.9. The number of nitrogens with one attached hydrogen (secondary N) is 1. The van der Waals surface area contributed by atoms with Crippen molar-refractivity contribution in [3.05, 3.63) is 18.1 Å². The zero-order chi connectivity index (χ0) is 25.7. The van der Waals surface area contributed by atoms with E-state index in [1.807, 2.05) is 31.5 Å². The fourth-order valence-corrected chi connectivity index (χ4v) is 3.35. The number of aliphatic hydroxyl groups excluding tert-OH is 1. The molecule has 0 bridgehead atoms. The van der Waals surface area contributed by atoms with Gasteiger partial charge < -0.3 is 43.4 Å². The van der Waals surface area contributed by atoms with Gasteiger partial charge >= 0.3 is 0 Å². The second-order valence-corrected chi connectivity index (χ2v) is 9.21. The summed E-state index contributed by atoms with van der Waals surface area (Å²) in [5, 5.41) is 14.0. The van der Waals surface area contributed by atoms with Crippen molar-refractivity contribution in [2.75, 3.05) is 47.6 Å². The lowest BCUT2D eigenvalue weighted by molar-refractivity contribution is -0.0869. The van der Waals surface area contributed by atoms with Gasteiger partial charge in [-0.15, -0.1) is 0 Å². The molecule has 2 atom stereocenters. The summed E-state index contributed by atoms with van der Waals surface area (Å²) >= 11 is 0. The van der Waals surface area contributed by atoms with Crippen molar-refractivity contribution >= 4 is 11.0 Å². The molecule has 0 aromatic carbocycles. The second kappa shape index (κ2) is 15.3. The number of fused-ring (bicyclic) bond motifs is 1. The molecule has 2 heterocycles. The third-order valence-corrected chi connectivity index (χ3v) is 4.97. The minimum absolute atomic E-state index is 0.0978. The molecule has 11 heteroatoms. The molecule has 35 heavy (non-hydrogen) atoms. The summed E-state index contributed by atoms with van der Waals surface area (Å²) in [6.07, 6.45) is 4.71. The van der Waals surface area contributed by atoms with Crippen molar-refractivity contribution in [1.82, 2.24) is 19.9 Å². The molecule has 0 unspecified atom stereocenters. The molecule has 0 aliphatic heterocycles. The van der Waals surface area contributed by atoms with Crippen LogP contribution in [-0.2, 0) is 37.0 Å². The Labute approximate surface area is 208 Å². The highest BCUT2D eigenvalue weighted by Gasteiger charge is 2.23. The van der Waals surface area contributed by atoms with E-state index in [0.29, 0.717) is 25.8 Å². The van der Waals surface area contributed by atoms with Crippen LogP contribution in [-0.4, -0.2) is 85.0 Å². The molecule has 11 nitrogen and oxygen atoms in total. The fourth-order valence-electron chi connectivity index (χ4n) is 3.35. The van der Waals surface area contributed by atoms with Crippen LogP contribution < -0.4 is 10.1 Å². The first-order chi connectivity index (χ1) is 16.8. The molecule has 0 radical (unpaired) electrons. The topological polar surface area (TPSA) is 118 Å². The van der Waals surface area contributed by atoms with Crippen molar-refractivity contribution in [1.29, 1.82) is 0 Å². The fraction of sp³-hybridized carbons (Fsp3) is 0.750. The van der Waals surface area contributed by atoms with Gasteiger partial charge in [0.15, 0.2) is 0 Å². The zero-order valence-electron chi connectivity index (χ0n) is 21.9. The highest BCUT2D eigenvalue weighted by molar-refractivity contribution is 5.84. The average molecular weight is 499 g/mol. The van der Waals surface area contributed by atoms with Crippen LogP contribution >= 0.6 is 0 Å². The summed E-state index contributed by atoms with van der Waals surface area (Å²) < 4.78 is 34.7. The Morgan fingerprint density at radius 3 is 2.43 bits per heavy atom. The second-order valence-electron chi connectivity index (χ2n) is 9.21. The summed E-state index contributed by atoms with van der Waals surface area (Å²) in [5.74, 6) is 0.501. The predicted octanol–water partition coefficient (Wildman–Crippen LogP) is 2.44. The van der Waals surface area contributed by atoms with Crippen molar-refractivity contribution in [3.63, 3.8) is 0 Å². The van der Waals surface area contributed by atoms with E-state index in [2.05, 4.69) is 22.2 Å². The number of ether oxygens (including phenoxy) is 6. The summed E-state index contributed by atoms with van der Waals surface area (Å²) in [6, 6.07) is -0.409. The maximum atomic E-state index is 10.6. The van der Waals surface area contributed by atoms with Gasteiger partial charge in [0, 0.05) is 39.1 Å². The van der Waals surface area contributed by atoms with Crippen molar-refractivity contribution in [3.8, 4) is 5.88 Å². The summed E-state index contributed by atoms with van der Waals surface area (Å²) in [6.45, 7) is 10.1. The van der Waals surface area contributed by atoms with Gasteiger partial charge in [0.1, 0.15) is 43.3 Å². The van der Waals surface area contributed by atoms with Gasteiger partial charge in [-0.05, 0) is 27.2 Å². The summed E-state index contributed by atoms with van der Waals surface area (Å²) in [5.41, 5.74) is 2.02. The van der Waals surface area contributed by atoms with E-state index in [-0.39, 0.29) is 26.8 Å². The van der Waals surface area contributed by atoms with Crippen LogP contribution in [0.25, 0.3) is 11.0 Å². The lowest BCUT2D eigenvalue weighted by Crippen LogP contribution is -2.45. The number of nitrogens with zero attached hydrogens (tertiary/aromatic N) is 3. The largest absolute Gasteiger partial charge is 0.470 e. The van der Waals surface area contributed by atoms with E-state index >= 15 is 0 Å². The van der Waals surface area contributed by atoms with E-state index in [4.69, 9.17) is 28.4 Å². The third-order valence-electron chi connectivity index (χ3n) is 4.97. The molecule has 200 valence electrons. The molecule has 0 spiro atoms. The van der Waals surface area contributed by atoms with Crippen LogP contribution in [0, 0.1) is 0 Å². The molecule has 0 saturated heterocycles. The highest BCUT2D eigenvalue weighted by atomic mass is 16.7. The molecule has 0 aliphatic rings. The van der Waals surface area contributed by atoms with E-state index in [1.54, 1.807) is 7.11 Å². The Kier molecular flexibility index (Phi) is 12.8. The minimum Gasteiger partial charge on any atom is -0.470 e. The highest BCUT2D eigenvalue weighted by Crippen LogP contribution is 2.29. The first-order valence-corrected chi connectivity index (χ1v) is 11.9. The molecule has 2 N–H and O–H groups in total. The van der Waals surface area contributed by atoms with E-state index in [1.165, 1.54) is 13.4 Å². The van der Waals surface area contributed by atoms with Gasteiger partial charge in [-0.3, -0.25) is 0 Å². The van der Waals surface area contributed by atoms with Crippen LogP contribution in [0.2, 0.25) is 0 Å². The lowest BCUT2D eigenvalue weighted by Gasteiger charge is -2.24. The van der Waals surface area contributed by atoms with Crippen molar-refractivity contribution in [2.45, 2.75) is 71.6 Å². The predicted molar refractivity (Wildman–Crippen MR) is 131 cm³/mol. The van der Waals surface area contributed by atoms with E-state index < -0.39 is 17.7 Å². The van der Waals surface area contributed by atoms with Gasteiger partial charge in [0.2, 0.25) is 5.88 Å². The van der Waals surface area contributed by atoms with Gasteiger partial charge in [-0.2, -0.15) is 4.98 Å². The monoisotopic (exact) mass is 498 g/mol. The summed E-state index contributed by atoms with van der Waals surface area (Å²) in [4.78, 5) is 8.93. The minimum atomic E-state index is -0.817. The van der Waals surface area contributed by atoms with Crippen LogP contribution in [0.15, 0.2) is 12.5 Å². The SMILES string of the molecule is CCCCOCn1cc(CN[C@@H](COCOC)[C@@H](O)COCOC)c2ncnc(OC(C)(C)C)c21. The number of methoxy groups -OCH3 is 2. The number of aromatic nitrogens is 3.